The fourth-order valence-corrected chi connectivity index (χ4v) is 2.82. The van der Waals surface area contributed by atoms with Gasteiger partial charge in [-0.2, -0.15) is 0 Å². The molecule has 2 aliphatic carbocycles. The lowest BCUT2D eigenvalue weighted by Gasteiger charge is -2.27. The summed E-state index contributed by atoms with van der Waals surface area (Å²) >= 11 is 0. The van der Waals surface area contributed by atoms with Crippen LogP contribution in [0, 0.1) is 17.3 Å². The van der Waals surface area contributed by atoms with Crippen molar-refractivity contribution in [3.8, 4) is 0 Å². The molecule has 2 fully saturated rings. The number of hydrogen-bond acceptors (Lipinski definition) is 2. The molecule has 0 unspecified atom stereocenters. The molecular formula is C9H15NO2. The minimum atomic E-state index is -0.687. The highest BCUT2D eigenvalue weighted by molar-refractivity contribution is 5.68. The van der Waals surface area contributed by atoms with Crippen molar-refractivity contribution in [1.82, 2.24) is 0 Å². The molecule has 0 heterocycles. The maximum Gasteiger partial charge on any atom is 0.303 e. The number of aliphatic carboxylic acids is 1. The highest BCUT2D eigenvalue weighted by atomic mass is 16.4. The van der Waals surface area contributed by atoms with Crippen molar-refractivity contribution in [3.63, 3.8) is 0 Å². The number of carbonyl (C=O) groups is 1. The average Bonchev–Trinajstić information content (AvgIpc) is 2.72. The van der Waals surface area contributed by atoms with Gasteiger partial charge < -0.3 is 10.8 Å². The van der Waals surface area contributed by atoms with Gasteiger partial charge in [-0.1, -0.05) is 0 Å². The molecule has 2 aliphatic rings. The zero-order chi connectivity index (χ0) is 8.77. The zero-order valence-electron chi connectivity index (χ0n) is 7.12. The van der Waals surface area contributed by atoms with Crippen molar-refractivity contribution < 1.29 is 9.90 Å². The van der Waals surface area contributed by atoms with E-state index in [0.717, 1.165) is 12.3 Å². The van der Waals surface area contributed by atoms with Crippen LogP contribution in [-0.2, 0) is 4.79 Å². The smallest absolute Gasteiger partial charge is 0.303 e. The molecular weight excluding hydrogens is 154 g/mol. The molecule has 3 atom stereocenters. The third-order valence-corrected chi connectivity index (χ3v) is 3.63. The molecule has 68 valence electrons. The number of fused-ring (bicyclic) bond motifs is 1. The topological polar surface area (TPSA) is 63.3 Å². The van der Waals surface area contributed by atoms with E-state index in [9.17, 15) is 4.79 Å². The molecule has 3 heteroatoms. The maximum absolute atomic E-state index is 10.6. The highest BCUT2D eigenvalue weighted by Crippen LogP contribution is 2.63. The number of carboxylic acids is 1. The highest BCUT2D eigenvalue weighted by Gasteiger charge is 2.57. The summed E-state index contributed by atoms with van der Waals surface area (Å²) in [5, 5.41) is 8.75. The lowest BCUT2D eigenvalue weighted by Crippen LogP contribution is -2.33. The molecule has 3 N–H and O–H groups in total. The standard InChI is InChI=1S/C9H15NO2/c10-5-9(4-8(11)12)2-1-6-3-7(6)9/h6-7H,1-5,10H2,(H,11,12)/t6-,7+,9-/m1/s1. The number of hydrogen-bond donors (Lipinski definition) is 2. The largest absolute Gasteiger partial charge is 0.481 e. The van der Waals surface area contributed by atoms with Crippen LogP contribution in [0.2, 0.25) is 0 Å². The van der Waals surface area contributed by atoms with Crippen molar-refractivity contribution in [1.29, 1.82) is 0 Å². The van der Waals surface area contributed by atoms with Gasteiger partial charge in [-0.25, -0.2) is 0 Å². The third-order valence-electron chi connectivity index (χ3n) is 3.63. The van der Waals surface area contributed by atoms with Crippen LogP contribution in [-0.4, -0.2) is 17.6 Å². The van der Waals surface area contributed by atoms with Crippen LogP contribution in [0.1, 0.15) is 25.7 Å². The van der Waals surface area contributed by atoms with Gasteiger partial charge in [-0.05, 0) is 43.1 Å². The number of rotatable bonds is 3. The first-order valence-electron chi connectivity index (χ1n) is 4.60. The fourth-order valence-electron chi connectivity index (χ4n) is 2.82. The Balaban J connectivity index is 2.08. The van der Waals surface area contributed by atoms with Crippen molar-refractivity contribution in [2.75, 3.05) is 6.54 Å². The molecule has 0 saturated heterocycles. The van der Waals surface area contributed by atoms with Gasteiger partial charge in [0.05, 0.1) is 6.42 Å². The van der Waals surface area contributed by atoms with Crippen LogP contribution in [0.15, 0.2) is 0 Å². The van der Waals surface area contributed by atoms with Crippen molar-refractivity contribution in [3.05, 3.63) is 0 Å². The Kier molecular flexibility index (Phi) is 1.65. The second-order valence-corrected chi connectivity index (χ2v) is 4.28. The van der Waals surface area contributed by atoms with E-state index in [0.29, 0.717) is 12.5 Å². The quantitative estimate of drug-likeness (QED) is 0.658. The number of nitrogens with two attached hydrogens (primary N) is 1. The summed E-state index contributed by atoms with van der Waals surface area (Å²) in [5.41, 5.74) is 5.64. The number of carboxylic acid groups (broad SMARTS) is 1. The monoisotopic (exact) mass is 169 g/mol. The Labute approximate surface area is 71.9 Å². The molecule has 0 radical (unpaired) electrons. The fraction of sp³-hybridized carbons (Fsp3) is 0.889. The van der Waals surface area contributed by atoms with Gasteiger partial charge in [0.15, 0.2) is 0 Å². The normalized spacial score (nSPS) is 44.1. The van der Waals surface area contributed by atoms with E-state index < -0.39 is 5.97 Å². The SMILES string of the molecule is NC[C@]1(CC(=O)O)CC[C@@H]2C[C@@H]21. The van der Waals surface area contributed by atoms with Gasteiger partial charge >= 0.3 is 5.97 Å². The Hall–Kier alpha value is -0.570. The molecule has 0 aromatic carbocycles. The predicted octanol–water partition coefficient (Wildman–Crippen LogP) is 0.836. The van der Waals surface area contributed by atoms with E-state index in [1.54, 1.807) is 0 Å². The van der Waals surface area contributed by atoms with Gasteiger partial charge in [-0.15, -0.1) is 0 Å². The van der Waals surface area contributed by atoms with E-state index in [1.807, 2.05) is 0 Å². The summed E-state index contributed by atoms with van der Waals surface area (Å²) in [5.74, 6) is 0.763. The summed E-state index contributed by atoms with van der Waals surface area (Å²) in [6.45, 7) is 0.556. The minimum absolute atomic E-state index is 0.0312. The van der Waals surface area contributed by atoms with Crippen LogP contribution in [0.4, 0.5) is 0 Å². The maximum atomic E-state index is 10.6. The Morgan fingerprint density at radius 3 is 2.75 bits per heavy atom. The molecule has 2 saturated carbocycles. The van der Waals surface area contributed by atoms with Gasteiger partial charge in [0.2, 0.25) is 0 Å². The summed E-state index contributed by atoms with van der Waals surface area (Å²) in [7, 11) is 0. The van der Waals surface area contributed by atoms with Crippen molar-refractivity contribution in [2.24, 2.45) is 23.0 Å². The van der Waals surface area contributed by atoms with Crippen LogP contribution in [0.5, 0.6) is 0 Å². The minimum Gasteiger partial charge on any atom is -0.481 e. The summed E-state index contributed by atoms with van der Waals surface area (Å²) in [4.78, 5) is 10.6. The predicted molar refractivity (Wildman–Crippen MR) is 44.6 cm³/mol. The summed E-state index contributed by atoms with van der Waals surface area (Å²) < 4.78 is 0. The molecule has 12 heavy (non-hydrogen) atoms. The molecule has 2 rings (SSSR count). The van der Waals surface area contributed by atoms with Crippen molar-refractivity contribution >= 4 is 5.97 Å². The Bertz CT molecular complexity index is 217. The average molecular weight is 169 g/mol. The second-order valence-electron chi connectivity index (χ2n) is 4.28. The first-order valence-corrected chi connectivity index (χ1v) is 4.60. The van der Waals surface area contributed by atoms with Crippen molar-refractivity contribution in [2.45, 2.75) is 25.7 Å². The van der Waals surface area contributed by atoms with Crippen LogP contribution in [0.3, 0.4) is 0 Å². The lowest BCUT2D eigenvalue weighted by atomic mass is 9.79. The van der Waals surface area contributed by atoms with E-state index in [4.69, 9.17) is 10.8 Å². The first kappa shape index (κ1) is 8.05. The molecule has 0 aliphatic heterocycles. The molecule has 3 nitrogen and oxygen atoms in total. The molecule has 0 aromatic heterocycles. The van der Waals surface area contributed by atoms with E-state index in [1.165, 1.54) is 12.8 Å². The molecule has 0 spiro atoms. The zero-order valence-corrected chi connectivity index (χ0v) is 7.12. The third kappa shape index (κ3) is 1.04. The van der Waals surface area contributed by atoms with Crippen LogP contribution >= 0.6 is 0 Å². The van der Waals surface area contributed by atoms with Gasteiger partial charge in [0.1, 0.15) is 0 Å². The second kappa shape index (κ2) is 2.46. The molecule has 0 aromatic rings. The van der Waals surface area contributed by atoms with E-state index in [2.05, 4.69) is 0 Å². The Morgan fingerprint density at radius 1 is 1.67 bits per heavy atom. The lowest BCUT2D eigenvalue weighted by molar-refractivity contribution is -0.139. The molecule has 0 amide bonds. The van der Waals surface area contributed by atoms with Gasteiger partial charge in [0, 0.05) is 0 Å². The molecule has 0 bridgehead atoms. The summed E-state index contributed by atoms with van der Waals surface area (Å²) in [6, 6.07) is 0. The van der Waals surface area contributed by atoms with Gasteiger partial charge in [-0.3, -0.25) is 4.79 Å². The van der Waals surface area contributed by atoms with Crippen LogP contribution < -0.4 is 5.73 Å². The Morgan fingerprint density at radius 2 is 2.42 bits per heavy atom. The van der Waals surface area contributed by atoms with E-state index in [-0.39, 0.29) is 11.8 Å². The first-order chi connectivity index (χ1) is 5.68. The van der Waals surface area contributed by atoms with Crippen LogP contribution in [0.25, 0.3) is 0 Å². The summed E-state index contributed by atoms with van der Waals surface area (Å²) in [6.07, 6.45) is 3.75. The van der Waals surface area contributed by atoms with E-state index >= 15 is 0 Å². The van der Waals surface area contributed by atoms with Gasteiger partial charge in [0.25, 0.3) is 0 Å².